The zero-order valence-electron chi connectivity index (χ0n) is 11.7. The van der Waals surface area contributed by atoms with E-state index in [1.807, 2.05) is 13.1 Å². The number of hydrogen-bond donors (Lipinski definition) is 4. The van der Waals surface area contributed by atoms with Crippen LogP contribution in [0.15, 0.2) is 24.3 Å². The Balaban J connectivity index is 2.72. The summed E-state index contributed by atoms with van der Waals surface area (Å²) in [5, 5.41) is 5.66. The molecule has 0 saturated carbocycles. The molecule has 1 aromatic rings. The highest BCUT2D eigenvalue weighted by Gasteiger charge is 2.18. The third kappa shape index (κ3) is 4.99. The lowest BCUT2D eigenvalue weighted by Gasteiger charge is -2.15. The Morgan fingerprint density at radius 3 is 2.70 bits per heavy atom. The zero-order valence-corrected chi connectivity index (χ0v) is 11.7. The summed E-state index contributed by atoms with van der Waals surface area (Å²) in [6, 6.07) is 6.54. The lowest BCUT2D eigenvalue weighted by atomic mass is 10.1. The Morgan fingerprint density at radius 2 is 2.10 bits per heavy atom. The number of amides is 2. The number of carbonyl (C=O) groups is 2. The van der Waals surface area contributed by atoms with Crippen molar-refractivity contribution in [3.8, 4) is 0 Å². The van der Waals surface area contributed by atoms with Gasteiger partial charge in [-0.2, -0.15) is 0 Å². The van der Waals surface area contributed by atoms with Crippen molar-refractivity contribution in [3.05, 3.63) is 35.4 Å². The van der Waals surface area contributed by atoms with Gasteiger partial charge in [-0.25, -0.2) is 0 Å². The second-order valence-electron chi connectivity index (χ2n) is 4.59. The zero-order chi connectivity index (χ0) is 15.0. The highest BCUT2D eigenvalue weighted by atomic mass is 16.2. The van der Waals surface area contributed by atoms with Crippen molar-refractivity contribution >= 4 is 11.8 Å². The fourth-order valence-electron chi connectivity index (χ4n) is 1.88. The molecule has 110 valence electrons. The molecule has 0 bridgehead atoms. The number of hydrogen-bond acceptors (Lipinski definition) is 4. The molecule has 20 heavy (non-hydrogen) atoms. The first-order valence-corrected chi connectivity index (χ1v) is 6.62. The number of nitrogens with two attached hydrogens (primary N) is 2. The predicted molar refractivity (Wildman–Crippen MR) is 77.9 cm³/mol. The summed E-state index contributed by atoms with van der Waals surface area (Å²) in [4.78, 5) is 23.4. The van der Waals surface area contributed by atoms with Gasteiger partial charge in [0.15, 0.2) is 0 Å². The van der Waals surface area contributed by atoms with Gasteiger partial charge in [-0.3, -0.25) is 9.59 Å². The molecule has 2 amide bonds. The van der Waals surface area contributed by atoms with Crippen molar-refractivity contribution in [1.82, 2.24) is 10.6 Å². The Labute approximate surface area is 118 Å². The van der Waals surface area contributed by atoms with E-state index in [-0.39, 0.29) is 5.91 Å². The average molecular weight is 278 g/mol. The van der Waals surface area contributed by atoms with Crippen LogP contribution in [-0.4, -0.2) is 31.4 Å². The summed E-state index contributed by atoms with van der Waals surface area (Å²) in [6.45, 7) is 1.13. The molecule has 0 radical (unpaired) electrons. The van der Waals surface area contributed by atoms with E-state index in [4.69, 9.17) is 11.5 Å². The van der Waals surface area contributed by atoms with Crippen LogP contribution in [0.5, 0.6) is 0 Å². The summed E-state index contributed by atoms with van der Waals surface area (Å²) < 4.78 is 0. The number of benzene rings is 1. The van der Waals surface area contributed by atoms with E-state index in [0.717, 1.165) is 5.56 Å². The SMILES string of the molecule is CNCc1cccc(C(=O)N[C@@H](CCCN)C(N)=O)c1. The molecule has 0 aromatic heterocycles. The van der Waals surface area contributed by atoms with Gasteiger partial charge >= 0.3 is 0 Å². The average Bonchev–Trinajstić information content (AvgIpc) is 2.43. The summed E-state index contributed by atoms with van der Waals surface area (Å²) in [5.74, 6) is -0.845. The van der Waals surface area contributed by atoms with Gasteiger partial charge in [-0.1, -0.05) is 12.1 Å². The van der Waals surface area contributed by atoms with E-state index in [9.17, 15) is 9.59 Å². The molecule has 6 heteroatoms. The number of nitrogens with one attached hydrogen (secondary N) is 2. The Kier molecular flexibility index (Phi) is 6.69. The highest BCUT2D eigenvalue weighted by Crippen LogP contribution is 2.06. The molecule has 0 fully saturated rings. The molecule has 0 aliphatic carbocycles. The van der Waals surface area contributed by atoms with Gasteiger partial charge in [0.25, 0.3) is 5.91 Å². The van der Waals surface area contributed by atoms with Crippen molar-refractivity contribution in [2.24, 2.45) is 11.5 Å². The fraction of sp³-hybridized carbons (Fsp3) is 0.429. The van der Waals surface area contributed by atoms with Crippen LogP contribution < -0.4 is 22.1 Å². The smallest absolute Gasteiger partial charge is 0.251 e. The van der Waals surface area contributed by atoms with Crippen LogP contribution in [0.4, 0.5) is 0 Å². The molecule has 1 atom stereocenters. The fourth-order valence-corrected chi connectivity index (χ4v) is 1.88. The molecule has 0 aliphatic rings. The Bertz CT molecular complexity index is 462. The van der Waals surface area contributed by atoms with Crippen molar-refractivity contribution < 1.29 is 9.59 Å². The van der Waals surface area contributed by atoms with E-state index in [2.05, 4.69) is 10.6 Å². The molecule has 1 rings (SSSR count). The first kappa shape index (κ1) is 16.1. The van der Waals surface area contributed by atoms with E-state index in [1.165, 1.54) is 0 Å². The van der Waals surface area contributed by atoms with E-state index < -0.39 is 11.9 Å². The predicted octanol–water partition coefficient (Wildman–Crippen LogP) is -0.271. The standard InChI is InChI=1S/C14H22N4O2/c1-17-9-10-4-2-5-11(8-10)14(20)18-12(13(16)19)6-3-7-15/h2,4-5,8,12,17H,3,6-7,9,15H2,1H3,(H2,16,19)(H,18,20)/t12-/m0/s1. The van der Waals surface area contributed by atoms with Crippen molar-refractivity contribution in [2.75, 3.05) is 13.6 Å². The molecule has 0 heterocycles. The van der Waals surface area contributed by atoms with Crippen molar-refractivity contribution in [3.63, 3.8) is 0 Å². The number of carbonyl (C=O) groups excluding carboxylic acids is 2. The van der Waals surface area contributed by atoms with Crippen LogP contribution >= 0.6 is 0 Å². The van der Waals surface area contributed by atoms with Crippen LogP contribution in [0, 0.1) is 0 Å². The van der Waals surface area contributed by atoms with E-state index in [1.54, 1.807) is 18.2 Å². The van der Waals surface area contributed by atoms with Gasteiger partial charge in [0.1, 0.15) is 6.04 Å². The topological polar surface area (TPSA) is 110 Å². The molecule has 0 aliphatic heterocycles. The first-order valence-electron chi connectivity index (χ1n) is 6.62. The molecule has 0 unspecified atom stereocenters. The Morgan fingerprint density at radius 1 is 1.35 bits per heavy atom. The monoisotopic (exact) mass is 278 g/mol. The quantitative estimate of drug-likeness (QED) is 0.524. The van der Waals surface area contributed by atoms with Crippen molar-refractivity contribution in [2.45, 2.75) is 25.4 Å². The maximum Gasteiger partial charge on any atom is 0.251 e. The molecule has 6 N–H and O–H groups in total. The third-order valence-corrected chi connectivity index (χ3v) is 2.92. The van der Waals surface area contributed by atoms with Crippen LogP contribution in [0.3, 0.4) is 0 Å². The summed E-state index contributed by atoms with van der Waals surface area (Å²) in [5.41, 5.74) is 12.2. The van der Waals surface area contributed by atoms with Crippen LogP contribution in [0.2, 0.25) is 0 Å². The van der Waals surface area contributed by atoms with Gasteiger partial charge in [0.2, 0.25) is 5.91 Å². The lowest BCUT2D eigenvalue weighted by molar-refractivity contribution is -0.120. The molecule has 0 spiro atoms. The summed E-state index contributed by atoms with van der Waals surface area (Å²) in [7, 11) is 1.84. The minimum Gasteiger partial charge on any atom is -0.368 e. The second-order valence-corrected chi connectivity index (χ2v) is 4.59. The highest BCUT2D eigenvalue weighted by molar-refractivity contribution is 5.97. The van der Waals surface area contributed by atoms with Crippen LogP contribution in [-0.2, 0) is 11.3 Å². The summed E-state index contributed by atoms with van der Waals surface area (Å²) >= 11 is 0. The molecule has 0 saturated heterocycles. The minimum atomic E-state index is -0.681. The Hall–Kier alpha value is -1.92. The van der Waals surface area contributed by atoms with Crippen LogP contribution in [0.25, 0.3) is 0 Å². The number of rotatable bonds is 8. The van der Waals surface area contributed by atoms with Gasteiger partial charge in [0, 0.05) is 12.1 Å². The van der Waals surface area contributed by atoms with E-state index in [0.29, 0.717) is 31.5 Å². The van der Waals surface area contributed by atoms with Gasteiger partial charge in [-0.15, -0.1) is 0 Å². The van der Waals surface area contributed by atoms with Crippen molar-refractivity contribution in [1.29, 1.82) is 0 Å². The van der Waals surface area contributed by atoms with Gasteiger partial charge in [-0.05, 0) is 44.1 Å². The normalized spacial score (nSPS) is 11.9. The minimum absolute atomic E-state index is 0.302. The van der Waals surface area contributed by atoms with Gasteiger partial charge < -0.3 is 22.1 Å². The maximum atomic E-state index is 12.1. The molecular formula is C14H22N4O2. The summed E-state index contributed by atoms with van der Waals surface area (Å²) in [6.07, 6.45) is 1.08. The first-order chi connectivity index (χ1) is 9.58. The van der Waals surface area contributed by atoms with Crippen LogP contribution in [0.1, 0.15) is 28.8 Å². The molecule has 6 nitrogen and oxygen atoms in total. The molecule has 1 aromatic carbocycles. The molecular weight excluding hydrogens is 256 g/mol. The second kappa shape index (κ2) is 8.29. The van der Waals surface area contributed by atoms with Gasteiger partial charge in [0.05, 0.1) is 0 Å². The lowest BCUT2D eigenvalue weighted by Crippen LogP contribution is -2.44. The third-order valence-electron chi connectivity index (χ3n) is 2.92. The number of primary amides is 1. The maximum absolute atomic E-state index is 12.1. The largest absolute Gasteiger partial charge is 0.368 e. The van der Waals surface area contributed by atoms with E-state index >= 15 is 0 Å².